The summed E-state index contributed by atoms with van der Waals surface area (Å²) in [7, 11) is 0. The highest BCUT2D eigenvalue weighted by Gasteiger charge is 2.15. The summed E-state index contributed by atoms with van der Waals surface area (Å²) in [5, 5.41) is 3.69. The zero-order valence-corrected chi connectivity index (χ0v) is 15.4. The van der Waals surface area contributed by atoms with Gasteiger partial charge in [0.2, 0.25) is 0 Å². The summed E-state index contributed by atoms with van der Waals surface area (Å²) >= 11 is 7.18. The second-order valence-electron chi connectivity index (χ2n) is 5.34. The monoisotopic (exact) mass is 389 g/mol. The third kappa shape index (κ3) is 6.42. The average molecular weight is 391 g/mol. The molecule has 1 rings (SSSR count). The molecule has 0 spiro atoms. The molecule has 3 heteroatoms. The van der Waals surface area contributed by atoms with Gasteiger partial charge in [0, 0.05) is 15.0 Å². The van der Waals surface area contributed by atoms with Crippen LogP contribution in [0.2, 0.25) is 0 Å². The molecule has 1 aromatic rings. The first-order chi connectivity index (χ1) is 9.06. The van der Waals surface area contributed by atoms with Gasteiger partial charge in [-0.25, -0.2) is 0 Å². The Balaban J connectivity index is 2.82. The number of nitrogens with one attached hydrogen (secondary N) is 1. The summed E-state index contributed by atoms with van der Waals surface area (Å²) in [6, 6.07) is 7.01. The van der Waals surface area contributed by atoms with Crippen LogP contribution in [0.3, 0.4) is 0 Å². The zero-order valence-electron chi connectivity index (χ0n) is 12.2. The van der Waals surface area contributed by atoms with Crippen molar-refractivity contribution < 1.29 is 0 Å². The highest BCUT2D eigenvalue weighted by molar-refractivity contribution is 9.11. The molecule has 19 heavy (non-hydrogen) atoms. The quantitative estimate of drug-likeness (QED) is 0.567. The summed E-state index contributed by atoms with van der Waals surface area (Å²) in [4.78, 5) is 0. The number of hydrogen-bond donors (Lipinski definition) is 1. The second kappa shape index (κ2) is 9.15. The van der Waals surface area contributed by atoms with Crippen LogP contribution in [0.4, 0.5) is 0 Å². The maximum Gasteiger partial charge on any atom is 0.0323 e. The SMILES string of the molecule is CCCNC(CC(C)CCC)c1cc(Br)cc(Br)c1. The fraction of sp³-hybridized carbons (Fsp3) is 0.625. The van der Waals surface area contributed by atoms with E-state index in [0.29, 0.717) is 6.04 Å². The minimum Gasteiger partial charge on any atom is -0.310 e. The predicted molar refractivity (Wildman–Crippen MR) is 91.6 cm³/mol. The van der Waals surface area contributed by atoms with Gasteiger partial charge in [-0.2, -0.15) is 0 Å². The fourth-order valence-electron chi connectivity index (χ4n) is 2.45. The zero-order chi connectivity index (χ0) is 14.3. The standard InChI is InChI=1S/C16H25Br2N/c1-4-6-12(3)8-16(19-7-5-2)13-9-14(17)11-15(18)10-13/h9-12,16,19H,4-8H2,1-3H3. The third-order valence-corrected chi connectivity index (χ3v) is 4.26. The first kappa shape index (κ1) is 17.2. The number of benzene rings is 1. The summed E-state index contributed by atoms with van der Waals surface area (Å²) in [5.41, 5.74) is 1.37. The lowest BCUT2D eigenvalue weighted by Gasteiger charge is -2.23. The van der Waals surface area contributed by atoms with Crippen molar-refractivity contribution in [2.24, 2.45) is 5.92 Å². The maximum atomic E-state index is 3.69. The molecule has 0 amide bonds. The number of halogens is 2. The van der Waals surface area contributed by atoms with Crippen molar-refractivity contribution >= 4 is 31.9 Å². The van der Waals surface area contributed by atoms with Crippen LogP contribution in [0.1, 0.15) is 58.1 Å². The van der Waals surface area contributed by atoms with Crippen molar-refractivity contribution in [3.63, 3.8) is 0 Å². The molecule has 0 saturated heterocycles. The molecular formula is C16H25Br2N. The van der Waals surface area contributed by atoms with Crippen LogP contribution in [0.25, 0.3) is 0 Å². The molecule has 0 bridgehead atoms. The van der Waals surface area contributed by atoms with Gasteiger partial charge in [-0.15, -0.1) is 0 Å². The first-order valence-electron chi connectivity index (χ1n) is 7.26. The molecular weight excluding hydrogens is 366 g/mol. The van der Waals surface area contributed by atoms with Crippen LogP contribution in [0.15, 0.2) is 27.1 Å². The van der Waals surface area contributed by atoms with Gasteiger partial charge in [0.15, 0.2) is 0 Å². The smallest absolute Gasteiger partial charge is 0.0323 e. The molecule has 1 N–H and O–H groups in total. The average Bonchev–Trinajstić information content (AvgIpc) is 2.33. The van der Waals surface area contributed by atoms with Crippen molar-refractivity contribution in [2.45, 2.75) is 52.5 Å². The Morgan fingerprint density at radius 1 is 1.05 bits per heavy atom. The second-order valence-corrected chi connectivity index (χ2v) is 7.17. The van der Waals surface area contributed by atoms with Crippen LogP contribution in [0.5, 0.6) is 0 Å². The Labute approximate surface area is 134 Å². The molecule has 108 valence electrons. The summed E-state index contributed by atoms with van der Waals surface area (Å²) in [6.07, 6.45) is 4.95. The van der Waals surface area contributed by atoms with Crippen LogP contribution >= 0.6 is 31.9 Å². The van der Waals surface area contributed by atoms with Gasteiger partial charge in [-0.3, -0.25) is 0 Å². The van der Waals surface area contributed by atoms with Crippen LogP contribution in [-0.4, -0.2) is 6.54 Å². The lowest BCUT2D eigenvalue weighted by molar-refractivity contribution is 0.390. The van der Waals surface area contributed by atoms with Gasteiger partial charge >= 0.3 is 0 Å². The van der Waals surface area contributed by atoms with E-state index in [1.165, 1.54) is 31.2 Å². The van der Waals surface area contributed by atoms with E-state index in [2.05, 4.69) is 76.1 Å². The Morgan fingerprint density at radius 3 is 2.21 bits per heavy atom. The predicted octanol–water partition coefficient (Wildman–Crippen LogP) is 6.08. The van der Waals surface area contributed by atoms with Gasteiger partial charge in [0.1, 0.15) is 0 Å². The van der Waals surface area contributed by atoms with E-state index in [1.807, 2.05) is 0 Å². The first-order valence-corrected chi connectivity index (χ1v) is 8.84. The van der Waals surface area contributed by atoms with E-state index in [4.69, 9.17) is 0 Å². The van der Waals surface area contributed by atoms with Gasteiger partial charge in [0.25, 0.3) is 0 Å². The Kier molecular flexibility index (Phi) is 8.27. The Hall–Kier alpha value is 0.140. The van der Waals surface area contributed by atoms with Crippen LogP contribution in [0, 0.1) is 5.92 Å². The molecule has 0 heterocycles. The Bertz CT molecular complexity index is 359. The molecule has 2 atom stereocenters. The molecule has 1 nitrogen and oxygen atoms in total. The van der Waals surface area contributed by atoms with E-state index < -0.39 is 0 Å². The molecule has 1 aromatic carbocycles. The van der Waals surface area contributed by atoms with E-state index in [0.717, 1.165) is 21.4 Å². The summed E-state index contributed by atoms with van der Waals surface area (Å²) in [6.45, 7) is 7.92. The molecule has 2 unspecified atom stereocenters. The summed E-state index contributed by atoms with van der Waals surface area (Å²) in [5.74, 6) is 0.761. The topological polar surface area (TPSA) is 12.0 Å². The van der Waals surface area contributed by atoms with Gasteiger partial charge in [-0.05, 0) is 49.1 Å². The molecule has 0 fully saturated rings. The van der Waals surface area contributed by atoms with Crippen molar-refractivity contribution in [3.05, 3.63) is 32.7 Å². The molecule has 0 aliphatic heterocycles. The minimum absolute atomic E-state index is 0.454. The number of hydrogen-bond acceptors (Lipinski definition) is 1. The van der Waals surface area contributed by atoms with Crippen molar-refractivity contribution in [1.29, 1.82) is 0 Å². The lowest BCUT2D eigenvalue weighted by Crippen LogP contribution is -2.24. The maximum absolute atomic E-state index is 3.69. The van der Waals surface area contributed by atoms with Crippen molar-refractivity contribution in [1.82, 2.24) is 5.32 Å². The highest BCUT2D eigenvalue weighted by Crippen LogP contribution is 2.29. The van der Waals surface area contributed by atoms with Gasteiger partial charge in [-0.1, -0.05) is 65.5 Å². The highest BCUT2D eigenvalue weighted by atomic mass is 79.9. The van der Waals surface area contributed by atoms with Crippen molar-refractivity contribution in [3.8, 4) is 0 Å². The lowest BCUT2D eigenvalue weighted by atomic mass is 9.93. The number of rotatable bonds is 8. The normalized spacial score (nSPS) is 14.4. The van der Waals surface area contributed by atoms with Gasteiger partial charge in [0.05, 0.1) is 0 Å². The molecule has 0 aliphatic carbocycles. The molecule has 0 aliphatic rings. The Morgan fingerprint density at radius 2 is 1.68 bits per heavy atom. The fourth-order valence-corrected chi connectivity index (χ4v) is 3.77. The molecule has 0 saturated carbocycles. The largest absolute Gasteiger partial charge is 0.310 e. The summed E-state index contributed by atoms with van der Waals surface area (Å²) < 4.78 is 2.28. The van der Waals surface area contributed by atoms with E-state index in [-0.39, 0.29) is 0 Å². The van der Waals surface area contributed by atoms with Gasteiger partial charge < -0.3 is 5.32 Å². The molecule has 0 aromatic heterocycles. The van der Waals surface area contributed by atoms with E-state index >= 15 is 0 Å². The van der Waals surface area contributed by atoms with E-state index in [9.17, 15) is 0 Å². The third-order valence-electron chi connectivity index (χ3n) is 3.35. The minimum atomic E-state index is 0.454. The van der Waals surface area contributed by atoms with Crippen molar-refractivity contribution in [2.75, 3.05) is 6.54 Å². The van der Waals surface area contributed by atoms with E-state index in [1.54, 1.807) is 0 Å². The molecule has 0 radical (unpaired) electrons. The van der Waals surface area contributed by atoms with Crippen LogP contribution in [-0.2, 0) is 0 Å². The van der Waals surface area contributed by atoms with Crippen LogP contribution < -0.4 is 5.32 Å².